The summed E-state index contributed by atoms with van der Waals surface area (Å²) in [6, 6.07) is 9.94. The quantitative estimate of drug-likeness (QED) is 0.757. The van der Waals surface area contributed by atoms with E-state index in [1.165, 1.54) is 5.56 Å². The molecule has 0 saturated heterocycles. The van der Waals surface area contributed by atoms with Gasteiger partial charge in [-0.2, -0.15) is 0 Å². The van der Waals surface area contributed by atoms with Gasteiger partial charge < -0.3 is 19.8 Å². The molecule has 24 heavy (non-hydrogen) atoms. The van der Waals surface area contributed by atoms with Crippen LogP contribution in [0.4, 0.5) is 5.69 Å². The zero-order valence-electron chi connectivity index (χ0n) is 13.8. The lowest BCUT2D eigenvalue weighted by atomic mass is 10.0. The van der Waals surface area contributed by atoms with Crippen LogP contribution in [0.2, 0.25) is 0 Å². The van der Waals surface area contributed by atoms with Crippen molar-refractivity contribution in [3.8, 4) is 22.8 Å². The summed E-state index contributed by atoms with van der Waals surface area (Å²) in [4.78, 5) is 15.9. The molecule has 5 nitrogen and oxygen atoms in total. The molecule has 2 aromatic carbocycles. The number of ether oxygens (including phenoxy) is 2. The lowest BCUT2D eigenvalue weighted by Gasteiger charge is -2.13. The summed E-state index contributed by atoms with van der Waals surface area (Å²) in [6.45, 7) is 2.05. The second-order valence-corrected chi connectivity index (χ2v) is 6.01. The smallest absolute Gasteiger partial charge is 0.228 e. The van der Waals surface area contributed by atoms with E-state index in [1.54, 1.807) is 20.3 Å². The van der Waals surface area contributed by atoms with Crippen molar-refractivity contribution in [2.45, 2.75) is 13.3 Å². The number of carbonyl (C=O) groups excluding carboxylic acids is 1. The predicted molar refractivity (Wildman–Crippen MR) is 93.9 cm³/mol. The maximum Gasteiger partial charge on any atom is 0.228 e. The Morgan fingerprint density at radius 3 is 2.54 bits per heavy atom. The zero-order valence-corrected chi connectivity index (χ0v) is 13.8. The van der Waals surface area contributed by atoms with Gasteiger partial charge in [0.1, 0.15) is 0 Å². The van der Waals surface area contributed by atoms with Crippen LogP contribution in [0, 0.1) is 6.92 Å². The molecular formula is C19H18N2O3. The molecule has 0 saturated carbocycles. The van der Waals surface area contributed by atoms with E-state index in [9.17, 15) is 4.79 Å². The Morgan fingerprint density at radius 1 is 1.04 bits per heavy atom. The van der Waals surface area contributed by atoms with E-state index < -0.39 is 0 Å². The molecule has 122 valence electrons. The number of hydrogen-bond acceptors (Lipinski definition) is 3. The Bertz CT molecular complexity index is 972. The molecule has 0 radical (unpaired) electrons. The van der Waals surface area contributed by atoms with Gasteiger partial charge in [0, 0.05) is 22.5 Å². The molecule has 1 aliphatic rings. The first kappa shape index (κ1) is 14.6. The normalized spacial score (nSPS) is 13.0. The third-order valence-corrected chi connectivity index (χ3v) is 4.47. The zero-order chi connectivity index (χ0) is 16.8. The van der Waals surface area contributed by atoms with Gasteiger partial charge in [0.05, 0.1) is 32.0 Å². The number of benzene rings is 2. The number of carbonyl (C=O) groups is 1. The van der Waals surface area contributed by atoms with Crippen LogP contribution < -0.4 is 14.8 Å². The minimum Gasteiger partial charge on any atom is -0.493 e. The van der Waals surface area contributed by atoms with E-state index in [4.69, 9.17) is 9.47 Å². The van der Waals surface area contributed by atoms with Crippen LogP contribution in [0.15, 0.2) is 30.3 Å². The lowest BCUT2D eigenvalue weighted by Crippen LogP contribution is -2.12. The Labute approximate surface area is 139 Å². The maximum atomic E-state index is 12.4. The van der Waals surface area contributed by atoms with E-state index in [-0.39, 0.29) is 5.91 Å². The van der Waals surface area contributed by atoms with Crippen LogP contribution in [0.3, 0.4) is 0 Å². The largest absolute Gasteiger partial charge is 0.493 e. The van der Waals surface area contributed by atoms with Crippen LogP contribution in [0.25, 0.3) is 22.2 Å². The second-order valence-electron chi connectivity index (χ2n) is 6.01. The van der Waals surface area contributed by atoms with Gasteiger partial charge in [-0.25, -0.2) is 0 Å². The Hall–Kier alpha value is -2.95. The minimum absolute atomic E-state index is 0.0374. The molecule has 0 spiro atoms. The molecular weight excluding hydrogens is 304 g/mol. The highest BCUT2D eigenvalue weighted by Gasteiger charge is 2.24. The summed E-state index contributed by atoms with van der Waals surface area (Å²) in [5.74, 6) is 1.18. The maximum absolute atomic E-state index is 12.4. The molecule has 0 fully saturated rings. The number of H-pyrrole nitrogens is 1. The van der Waals surface area contributed by atoms with Crippen molar-refractivity contribution in [1.29, 1.82) is 0 Å². The summed E-state index contributed by atoms with van der Waals surface area (Å²) < 4.78 is 10.8. The molecule has 0 bridgehead atoms. The number of fused-ring (bicyclic) bond motifs is 5. The van der Waals surface area contributed by atoms with Crippen molar-refractivity contribution >= 4 is 22.5 Å². The van der Waals surface area contributed by atoms with E-state index in [2.05, 4.69) is 35.4 Å². The van der Waals surface area contributed by atoms with Crippen LogP contribution in [0.5, 0.6) is 11.5 Å². The van der Waals surface area contributed by atoms with Gasteiger partial charge in [0.25, 0.3) is 0 Å². The van der Waals surface area contributed by atoms with Crippen molar-refractivity contribution in [2.75, 3.05) is 19.5 Å². The molecule has 2 N–H and O–H groups in total. The van der Waals surface area contributed by atoms with Gasteiger partial charge in [-0.3, -0.25) is 4.79 Å². The SMILES string of the molecule is COc1cc2c(cc1OC)-c1[nH]c3ccc(C)cc3c1CC(=O)N2. The molecule has 1 aliphatic heterocycles. The van der Waals surface area contributed by atoms with Crippen molar-refractivity contribution in [3.05, 3.63) is 41.5 Å². The highest BCUT2D eigenvalue weighted by atomic mass is 16.5. The average Bonchev–Trinajstić information content (AvgIpc) is 2.85. The van der Waals surface area contributed by atoms with Crippen molar-refractivity contribution in [1.82, 2.24) is 4.98 Å². The van der Waals surface area contributed by atoms with Gasteiger partial charge in [-0.05, 0) is 30.7 Å². The fourth-order valence-corrected chi connectivity index (χ4v) is 3.32. The molecule has 5 heteroatoms. The second kappa shape index (κ2) is 5.30. The standard InChI is InChI=1S/C19H18N2O3/c1-10-4-5-14-11(6-10)12-8-18(22)20-15-9-17(24-3)16(23-2)7-13(15)19(12)21-14/h4-7,9,21H,8H2,1-3H3,(H,20,22). The van der Waals surface area contributed by atoms with Gasteiger partial charge in [-0.15, -0.1) is 0 Å². The molecule has 0 atom stereocenters. The fourth-order valence-electron chi connectivity index (χ4n) is 3.32. The van der Waals surface area contributed by atoms with Gasteiger partial charge >= 0.3 is 0 Å². The van der Waals surface area contributed by atoms with Crippen molar-refractivity contribution in [3.63, 3.8) is 0 Å². The molecule has 4 rings (SSSR count). The van der Waals surface area contributed by atoms with Crippen molar-refractivity contribution < 1.29 is 14.3 Å². The Morgan fingerprint density at radius 2 is 1.79 bits per heavy atom. The van der Waals surface area contributed by atoms with E-state index >= 15 is 0 Å². The Kier molecular flexibility index (Phi) is 3.23. The van der Waals surface area contributed by atoms with Gasteiger partial charge in [0.15, 0.2) is 11.5 Å². The number of hydrogen-bond donors (Lipinski definition) is 2. The Balaban J connectivity index is 2.05. The van der Waals surface area contributed by atoms with Gasteiger partial charge in [-0.1, -0.05) is 11.6 Å². The van der Waals surface area contributed by atoms with Crippen LogP contribution in [-0.2, 0) is 11.2 Å². The summed E-state index contributed by atoms with van der Waals surface area (Å²) in [7, 11) is 3.19. The topological polar surface area (TPSA) is 63.4 Å². The third kappa shape index (κ3) is 2.12. The molecule has 1 aromatic heterocycles. The summed E-state index contributed by atoms with van der Waals surface area (Å²) >= 11 is 0. The number of aromatic amines is 1. The summed E-state index contributed by atoms with van der Waals surface area (Å²) in [5.41, 5.74) is 5.78. The molecule has 1 amide bonds. The van der Waals surface area contributed by atoms with E-state index in [0.717, 1.165) is 33.4 Å². The van der Waals surface area contributed by atoms with E-state index in [0.29, 0.717) is 17.9 Å². The predicted octanol–water partition coefficient (Wildman–Crippen LogP) is 3.66. The first-order chi connectivity index (χ1) is 11.6. The van der Waals surface area contributed by atoms with E-state index in [1.807, 2.05) is 6.07 Å². The highest BCUT2D eigenvalue weighted by Crippen LogP contribution is 2.43. The monoisotopic (exact) mass is 322 g/mol. The molecule has 3 aromatic rings. The van der Waals surface area contributed by atoms with Gasteiger partial charge in [0.2, 0.25) is 5.91 Å². The number of anilines is 1. The number of nitrogens with one attached hydrogen (secondary N) is 2. The molecule has 0 unspecified atom stereocenters. The summed E-state index contributed by atoms with van der Waals surface area (Å²) in [5, 5.41) is 4.05. The number of aryl methyl sites for hydroxylation is 1. The third-order valence-electron chi connectivity index (χ3n) is 4.47. The van der Waals surface area contributed by atoms with Crippen molar-refractivity contribution in [2.24, 2.45) is 0 Å². The summed E-state index contributed by atoms with van der Waals surface area (Å²) in [6.07, 6.45) is 0.331. The van der Waals surface area contributed by atoms with Crippen LogP contribution in [-0.4, -0.2) is 25.1 Å². The minimum atomic E-state index is -0.0374. The number of methoxy groups -OCH3 is 2. The lowest BCUT2D eigenvalue weighted by molar-refractivity contribution is -0.115. The number of rotatable bonds is 2. The molecule has 2 heterocycles. The number of amides is 1. The molecule has 0 aliphatic carbocycles. The van der Waals surface area contributed by atoms with Crippen LogP contribution in [0.1, 0.15) is 11.1 Å². The van der Waals surface area contributed by atoms with Crippen LogP contribution >= 0.6 is 0 Å². The highest BCUT2D eigenvalue weighted by molar-refractivity contribution is 6.05. The number of aromatic nitrogens is 1. The average molecular weight is 322 g/mol. The first-order valence-electron chi connectivity index (χ1n) is 7.78. The first-order valence-corrected chi connectivity index (χ1v) is 7.78. The fraction of sp³-hybridized carbons (Fsp3) is 0.211.